The molecule has 1 saturated carbocycles. The number of hydrogen-bond donors (Lipinski definition) is 1. The molecule has 1 aromatic heterocycles. The topological polar surface area (TPSA) is 63.1 Å². The first kappa shape index (κ1) is 10.2. The number of hydrogen-bond acceptors (Lipinski definition) is 4. The van der Waals surface area contributed by atoms with E-state index in [1.54, 1.807) is 6.20 Å². The van der Waals surface area contributed by atoms with Crippen molar-refractivity contribution < 1.29 is 9.90 Å². The molecule has 2 atom stereocenters. The van der Waals surface area contributed by atoms with Crippen LogP contribution in [0.1, 0.15) is 37.5 Å². The monoisotopic (exact) mass is 206 g/mol. The Morgan fingerprint density at radius 3 is 2.93 bits per heavy atom. The number of carbonyl (C=O) groups is 1. The molecule has 0 spiro atoms. The number of rotatable bonds is 2. The second kappa shape index (κ2) is 4.49. The van der Waals surface area contributed by atoms with Crippen LogP contribution in [0.3, 0.4) is 0 Å². The predicted molar refractivity (Wildman–Crippen MR) is 54.0 cm³/mol. The second-order valence-electron chi connectivity index (χ2n) is 3.89. The number of aromatic nitrogens is 2. The van der Waals surface area contributed by atoms with Gasteiger partial charge in [0.1, 0.15) is 11.9 Å². The van der Waals surface area contributed by atoms with Crippen molar-refractivity contribution in [3.05, 3.63) is 24.3 Å². The third-order valence-electron chi connectivity index (χ3n) is 2.87. The van der Waals surface area contributed by atoms with Crippen LogP contribution in [-0.2, 0) is 4.79 Å². The predicted octanol–water partition coefficient (Wildman–Crippen LogP) is 1.27. The minimum Gasteiger partial charge on any atom is -0.386 e. The molecule has 1 aliphatic rings. The SMILES string of the molecule is O=C1CCCC[C@H]1C(O)c1cnccn1. The van der Waals surface area contributed by atoms with Gasteiger partial charge in [-0.1, -0.05) is 6.42 Å². The third kappa shape index (κ3) is 2.21. The highest BCUT2D eigenvalue weighted by Crippen LogP contribution is 2.30. The van der Waals surface area contributed by atoms with Gasteiger partial charge in [0.15, 0.2) is 0 Å². The highest BCUT2D eigenvalue weighted by Gasteiger charge is 2.30. The summed E-state index contributed by atoms with van der Waals surface area (Å²) in [6.07, 6.45) is 7.12. The number of nitrogens with zero attached hydrogens (tertiary/aromatic N) is 2. The molecule has 0 amide bonds. The van der Waals surface area contributed by atoms with Gasteiger partial charge in [0.25, 0.3) is 0 Å². The average molecular weight is 206 g/mol. The molecule has 0 aromatic carbocycles. The third-order valence-corrected chi connectivity index (χ3v) is 2.87. The van der Waals surface area contributed by atoms with Gasteiger partial charge in [-0.2, -0.15) is 0 Å². The summed E-state index contributed by atoms with van der Waals surface area (Å²) < 4.78 is 0. The zero-order valence-corrected chi connectivity index (χ0v) is 8.47. The van der Waals surface area contributed by atoms with E-state index in [9.17, 15) is 9.90 Å². The Kier molecular flexibility index (Phi) is 3.06. The van der Waals surface area contributed by atoms with E-state index in [-0.39, 0.29) is 11.7 Å². The molecule has 0 radical (unpaired) electrons. The van der Waals surface area contributed by atoms with Crippen LogP contribution in [0.5, 0.6) is 0 Å². The summed E-state index contributed by atoms with van der Waals surface area (Å²) in [5, 5.41) is 9.99. The molecule has 2 rings (SSSR count). The number of ketones is 1. The molecular formula is C11H14N2O2. The van der Waals surface area contributed by atoms with Crippen molar-refractivity contribution in [1.82, 2.24) is 9.97 Å². The van der Waals surface area contributed by atoms with Gasteiger partial charge in [0, 0.05) is 24.7 Å². The summed E-state index contributed by atoms with van der Waals surface area (Å²) in [6.45, 7) is 0. The second-order valence-corrected chi connectivity index (χ2v) is 3.89. The van der Waals surface area contributed by atoms with Crippen LogP contribution in [0, 0.1) is 5.92 Å². The molecule has 1 N–H and O–H groups in total. The fourth-order valence-corrected chi connectivity index (χ4v) is 2.01. The summed E-state index contributed by atoms with van der Waals surface area (Å²) in [5.74, 6) is -0.130. The lowest BCUT2D eigenvalue weighted by atomic mass is 9.83. The maximum atomic E-state index is 11.6. The van der Waals surface area contributed by atoms with Crippen LogP contribution in [0.4, 0.5) is 0 Å². The molecule has 0 aliphatic heterocycles. The summed E-state index contributed by atoms with van der Waals surface area (Å²) in [7, 11) is 0. The van der Waals surface area contributed by atoms with Crippen LogP contribution >= 0.6 is 0 Å². The van der Waals surface area contributed by atoms with Crippen molar-refractivity contribution in [2.24, 2.45) is 5.92 Å². The quantitative estimate of drug-likeness (QED) is 0.791. The summed E-state index contributed by atoms with van der Waals surface area (Å²) in [6, 6.07) is 0. The van der Waals surface area contributed by atoms with E-state index in [0.717, 1.165) is 19.3 Å². The smallest absolute Gasteiger partial charge is 0.138 e. The molecule has 15 heavy (non-hydrogen) atoms. The molecule has 4 nitrogen and oxygen atoms in total. The van der Waals surface area contributed by atoms with Gasteiger partial charge < -0.3 is 5.11 Å². The van der Waals surface area contributed by atoms with Crippen LogP contribution in [0.15, 0.2) is 18.6 Å². The van der Waals surface area contributed by atoms with Crippen LogP contribution < -0.4 is 0 Å². The Bertz CT molecular complexity index is 340. The zero-order valence-electron chi connectivity index (χ0n) is 8.47. The molecule has 4 heteroatoms. The number of aliphatic hydroxyl groups excluding tert-OH is 1. The van der Waals surface area contributed by atoms with Crippen LogP contribution in [0.25, 0.3) is 0 Å². The molecule has 1 unspecified atom stereocenters. The van der Waals surface area contributed by atoms with E-state index in [1.165, 1.54) is 12.4 Å². The fourth-order valence-electron chi connectivity index (χ4n) is 2.01. The van der Waals surface area contributed by atoms with Gasteiger partial charge in [-0.3, -0.25) is 14.8 Å². The molecule has 80 valence electrons. The lowest BCUT2D eigenvalue weighted by Gasteiger charge is -2.24. The summed E-state index contributed by atoms with van der Waals surface area (Å²) in [4.78, 5) is 19.5. The van der Waals surface area contributed by atoms with Crippen molar-refractivity contribution in [1.29, 1.82) is 0 Å². The number of carbonyl (C=O) groups excluding carboxylic acids is 1. The zero-order chi connectivity index (χ0) is 10.7. The van der Waals surface area contributed by atoms with E-state index in [4.69, 9.17) is 0 Å². The average Bonchev–Trinajstić information content (AvgIpc) is 2.30. The number of aliphatic hydroxyl groups is 1. The van der Waals surface area contributed by atoms with E-state index in [1.807, 2.05) is 0 Å². The normalized spacial score (nSPS) is 23.8. The molecule has 1 heterocycles. The largest absolute Gasteiger partial charge is 0.386 e. The summed E-state index contributed by atoms with van der Waals surface area (Å²) >= 11 is 0. The number of Topliss-reactive ketones (excluding diaryl/α,β-unsaturated/α-hetero) is 1. The van der Waals surface area contributed by atoms with Gasteiger partial charge >= 0.3 is 0 Å². The van der Waals surface area contributed by atoms with E-state index >= 15 is 0 Å². The fraction of sp³-hybridized carbons (Fsp3) is 0.545. The molecule has 0 bridgehead atoms. The Morgan fingerprint density at radius 2 is 2.27 bits per heavy atom. The standard InChI is InChI=1S/C11H14N2O2/c14-10-4-2-1-3-8(10)11(15)9-7-12-5-6-13-9/h5-8,11,15H,1-4H2/t8-,11?/m1/s1. The highest BCUT2D eigenvalue weighted by atomic mass is 16.3. The minimum atomic E-state index is -0.786. The van der Waals surface area contributed by atoms with Crippen molar-refractivity contribution >= 4 is 5.78 Å². The molecule has 1 aliphatic carbocycles. The first-order chi connectivity index (χ1) is 7.29. The highest BCUT2D eigenvalue weighted by molar-refractivity contribution is 5.82. The van der Waals surface area contributed by atoms with Gasteiger partial charge in [-0.05, 0) is 12.8 Å². The Morgan fingerprint density at radius 1 is 1.40 bits per heavy atom. The first-order valence-electron chi connectivity index (χ1n) is 5.26. The molecule has 1 fully saturated rings. The Balaban J connectivity index is 2.13. The van der Waals surface area contributed by atoms with Crippen molar-refractivity contribution in [3.63, 3.8) is 0 Å². The lowest BCUT2D eigenvalue weighted by Crippen LogP contribution is -2.26. The maximum Gasteiger partial charge on any atom is 0.138 e. The van der Waals surface area contributed by atoms with Crippen molar-refractivity contribution in [2.75, 3.05) is 0 Å². The molecular weight excluding hydrogens is 192 g/mol. The molecule has 0 saturated heterocycles. The maximum absolute atomic E-state index is 11.6. The van der Waals surface area contributed by atoms with Crippen LogP contribution in [-0.4, -0.2) is 20.9 Å². The lowest BCUT2D eigenvalue weighted by molar-refractivity contribution is -0.128. The van der Waals surface area contributed by atoms with E-state index < -0.39 is 6.10 Å². The van der Waals surface area contributed by atoms with Gasteiger partial charge in [-0.15, -0.1) is 0 Å². The summed E-state index contributed by atoms with van der Waals surface area (Å²) in [5.41, 5.74) is 0.498. The van der Waals surface area contributed by atoms with E-state index in [0.29, 0.717) is 12.1 Å². The minimum absolute atomic E-state index is 0.152. The van der Waals surface area contributed by atoms with Crippen molar-refractivity contribution in [2.45, 2.75) is 31.8 Å². The van der Waals surface area contributed by atoms with Crippen LogP contribution in [0.2, 0.25) is 0 Å². The Hall–Kier alpha value is -1.29. The Labute approximate surface area is 88.4 Å². The van der Waals surface area contributed by atoms with Gasteiger partial charge in [-0.25, -0.2) is 0 Å². The van der Waals surface area contributed by atoms with Gasteiger partial charge in [0.05, 0.1) is 11.9 Å². The molecule has 1 aromatic rings. The van der Waals surface area contributed by atoms with E-state index in [2.05, 4.69) is 9.97 Å². The first-order valence-corrected chi connectivity index (χ1v) is 5.26. The van der Waals surface area contributed by atoms with Crippen molar-refractivity contribution in [3.8, 4) is 0 Å². The van der Waals surface area contributed by atoms with Gasteiger partial charge in [0.2, 0.25) is 0 Å².